The molecule has 0 radical (unpaired) electrons. The molecule has 0 fully saturated rings. The lowest BCUT2D eigenvalue weighted by Gasteiger charge is -1.94. The zero-order valence-corrected chi connectivity index (χ0v) is 7.38. The third-order valence-electron chi connectivity index (χ3n) is 1.45. The average molecular weight is 177 g/mol. The summed E-state index contributed by atoms with van der Waals surface area (Å²) in [5.41, 5.74) is 2.76. The van der Waals surface area contributed by atoms with Gasteiger partial charge in [-0.15, -0.1) is 11.3 Å². The van der Waals surface area contributed by atoms with E-state index in [4.69, 9.17) is 0 Å². The first-order valence-electron chi connectivity index (χ1n) is 3.55. The maximum atomic E-state index is 4.27. The molecule has 0 aliphatic rings. The van der Waals surface area contributed by atoms with Gasteiger partial charge in [-0.1, -0.05) is 0 Å². The molecule has 0 N–H and O–H groups in total. The van der Waals surface area contributed by atoms with Gasteiger partial charge in [0.1, 0.15) is 0 Å². The Kier molecular flexibility index (Phi) is 1.83. The number of hydrogen-bond donors (Lipinski definition) is 0. The summed E-state index contributed by atoms with van der Waals surface area (Å²) in [7, 11) is 0. The van der Waals surface area contributed by atoms with Crippen LogP contribution in [0.2, 0.25) is 0 Å². The molecule has 4 heteroatoms. The van der Waals surface area contributed by atoms with Gasteiger partial charge >= 0.3 is 0 Å². The Morgan fingerprint density at radius 2 is 2.33 bits per heavy atom. The molecule has 2 heterocycles. The van der Waals surface area contributed by atoms with Gasteiger partial charge in [-0.05, 0) is 13.0 Å². The molecule has 0 bridgehead atoms. The smallest absolute Gasteiger partial charge is 0.171 e. The van der Waals surface area contributed by atoms with Gasteiger partial charge in [-0.2, -0.15) is 0 Å². The molecule has 2 aromatic heterocycles. The minimum Gasteiger partial charge on any atom is -0.252 e. The molecular weight excluding hydrogens is 170 g/mol. The monoisotopic (exact) mass is 177 g/mol. The van der Waals surface area contributed by atoms with E-state index in [0.717, 1.165) is 16.4 Å². The molecule has 0 saturated carbocycles. The van der Waals surface area contributed by atoms with Crippen LogP contribution in [0.25, 0.3) is 10.7 Å². The molecule has 2 rings (SSSR count). The molecule has 2 aromatic rings. The summed E-state index contributed by atoms with van der Waals surface area (Å²) in [5, 5.41) is 0. The fourth-order valence-corrected chi connectivity index (χ4v) is 1.45. The summed E-state index contributed by atoms with van der Waals surface area (Å²) in [4.78, 5) is 13.4. The SMILES string of the molecule is Cc1ccnc(-c2cncs2)n1. The van der Waals surface area contributed by atoms with Crippen molar-refractivity contribution < 1.29 is 0 Å². The van der Waals surface area contributed by atoms with E-state index >= 15 is 0 Å². The molecule has 0 aromatic carbocycles. The van der Waals surface area contributed by atoms with Gasteiger partial charge < -0.3 is 0 Å². The molecule has 0 atom stereocenters. The van der Waals surface area contributed by atoms with Crippen LogP contribution in [-0.4, -0.2) is 15.0 Å². The first-order valence-corrected chi connectivity index (χ1v) is 4.43. The standard InChI is InChI=1S/C8H7N3S/c1-6-2-3-10-8(11-6)7-4-9-5-12-7/h2-5H,1H3. The van der Waals surface area contributed by atoms with Gasteiger partial charge in [-0.3, -0.25) is 4.98 Å². The number of rotatable bonds is 1. The Morgan fingerprint density at radius 3 is 3.00 bits per heavy atom. The maximum Gasteiger partial charge on any atom is 0.171 e. The Hall–Kier alpha value is -1.29. The van der Waals surface area contributed by atoms with Crippen LogP contribution in [0, 0.1) is 6.92 Å². The van der Waals surface area contributed by atoms with Crippen molar-refractivity contribution in [2.24, 2.45) is 0 Å². The van der Waals surface area contributed by atoms with Crippen LogP contribution in [0.15, 0.2) is 24.0 Å². The maximum absolute atomic E-state index is 4.27. The molecule has 0 amide bonds. The highest BCUT2D eigenvalue weighted by Gasteiger charge is 2.01. The van der Waals surface area contributed by atoms with Gasteiger partial charge in [0.2, 0.25) is 0 Å². The van der Waals surface area contributed by atoms with E-state index in [9.17, 15) is 0 Å². The molecule has 0 aliphatic carbocycles. The Labute approximate surface area is 74.2 Å². The third kappa shape index (κ3) is 1.33. The summed E-state index contributed by atoms with van der Waals surface area (Å²) >= 11 is 1.55. The fraction of sp³-hybridized carbons (Fsp3) is 0.125. The van der Waals surface area contributed by atoms with E-state index in [1.54, 1.807) is 29.2 Å². The molecule has 12 heavy (non-hydrogen) atoms. The second-order valence-corrected chi connectivity index (χ2v) is 3.27. The third-order valence-corrected chi connectivity index (χ3v) is 2.22. The number of aryl methyl sites for hydroxylation is 1. The van der Waals surface area contributed by atoms with Gasteiger partial charge in [0.25, 0.3) is 0 Å². The number of thiazole rings is 1. The highest BCUT2D eigenvalue weighted by atomic mass is 32.1. The van der Waals surface area contributed by atoms with E-state index in [2.05, 4.69) is 15.0 Å². The van der Waals surface area contributed by atoms with Crippen LogP contribution < -0.4 is 0 Å². The number of hydrogen-bond acceptors (Lipinski definition) is 4. The summed E-state index contributed by atoms with van der Waals surface area (Å²) in [6.45, 7) is 1.95. The molecule has 0 unspecified atom stereocenters. The van der Waals surface area contributed by atoms with Crippen LogP contribution >= 0.6 is 11.3 Å². The second kappa shape index (κ2) is 2.98. The lowest BCUT2D eigenvalue weighted by molar-refractivity contribution is 1.12. The van der Waals surface area contributed by atoms with Crippen molar-refractivity contribution >= 4 is 11.3 Å². The van der Waals surface area contributed by atoms with Crippen molar-refractivity contribution in [3.05, 3.63) is 29.7 Å². The summed E-state index contributed by atoms with van der Waals surface area (Å²) in [6, 6.07) is 1.88. The lowest BCUT2D eigenvalue weighted by Crippen LogP contribution is -1.87. The molecule has 3 nitrogen and oxygen atoms in total. The molecular formula is C8H7N3S. The minimum atomic E-state index is 0.762. The normalized spacial score (nSPS) is 10.1. The van der Waals surface area contributed by atoms with Crippen LogP contribution in [0.4, 0.5) is 0 Å². The van der Waals surface area contributed by atoms with Crippen molar-refractivity contribution in [3.63, 3.8) is 0 Å². The zero-order valence-electron chi connectivity index (χ0n) is 6.56. The van der Waals surface area contributed by atoms with Crippen molar-refractivity contribution in [1.29, 1.82) is 0 Å². The molecule has 60 valence electrons. The van der Waals surface area contributed by atoms with E-state index in [1.165, 1.54) is 0 Å². The first kappa shape index (κ1) is 7.36. The van der Waals surface area contributed by atoms with Crippen molar-refractivity contribution in [1.82, 2.24) is 15.0 Å². The highest BCUT2D eigenvalue weighted by Crippen LogP contribution is 2.18. The fourth-order valence-electron chi connectivity index (χ4n) is 0.894. The largest absolute Gasteiger partial charge is 0.252 e. The van der Waals surface area contributed by atoms with Crippen molar-refractivity contribution in [2.75, 3.05) is 0 Å². The quantitative estimate of drug-likeness (QED) is 0.667. The van der Waals surface area contributed by atoms with Crippen LogP contribution in [0.3, 0.4) is 0 Å². The predicted octanol–water partition coefficient (Wildman–Crippen LogP) is 1.91. The van der Waals surface area contributed by atoms with Crippen LogP contribution in [0.1, 0.15) is 5.69 Å². The van der Waals surface area contributed by atoms with Crippen LogP contribution in [0.5, 0.6) is 0 Å². The molecule has 0 aliphatic heterocycles. The first-order chi connectivity index (χ1) is 5.86. The van der Waals surface area contributed by atoms with Crippen LogP contribution in [-0.2, 0) is 0 Å². The average Bonchev–Trinajstić information content (AvgIpc) is 2.56. The zero-order chi connectivity index (χ0) is 8.39. The topological polar surface area (TPSA) is 38.7 Å². The Bertz CT molecular complexity index is 370. The van der Waals surface area contributed by atoms with Crippen molar-refractivity contribution in [2.45, 2.75) is 6.92 Å². The van der Waals surface area contributed by atoms with Gasteiger partial charge in [0.05, 0.1) is 10.4 Å². The number of aromatic nitrogens is 3. The Morgan fingerprint density at radius 1 is 1.42 bits per heavy atom. The van der Waals surface area contributed by atoms with Crippen molar-refractivity contribution in [3.8, 4) is 10.7 Å². The van der Waals surface area contributed by atoms with E-state index < -0.39 is 0 Å². The van der Waals surface area contributed by atoms with Gasteiger partial charge in [0, 0.05) is 18.1 Å². The van der Waals surface area contributed by atoms with Gasteiger partial charge in [-0.25, -0.2) is 9.97 Å². The summed E-state index contributed by atoms with van der Waals surface area (Å²) in [5.74, 6) is 0.762. The molecule has 0 saturated heterocycles. The predicted molar refractivity (Wildman–Crippen MR) is 47.9 cm³/mol. The Balaban J connectivity index is 2.48. The van der Waals surface area contributed by atoms with E-state index in [1.807, 2.05) is 13.0 Å². The lowest BCUT2D eigenvalue weighted by atomic mass is 10.4. The minimum absolute atomic E-state index is 0.762. The van der Waals surface area contributed by atoms with E-state index in [0.29, 0.717) is 0 Å². The highest BCUT2D eigenvalue weighted by molar-refractivity contribution is 7.13. The summed E-state index contributed by atoms with van der Waals surface area (Å²) in [6.07, 6.45) is 3.54. The van der Waals surface area contributed by atoms with E-state index in [-0.39, 0.29) is 0 Å². The number of nitrogens with zero attached hydrogens (tertiary/aromatic N) is 3. The molecule has 0 spiro atoms. The van der Waals surface area contributed by atoms with Gasteiger partial charge in [0.15, 0.2) is 5.82 Å². The summed E-state index contributed by atoms with van der Waals surface area (Å²) < 4.78 is 0. The second-order valence-electron chi connectivity index (χ2n) is 2.39.